The smallest absolute Gasteiger partial charge is 0.147 e. The molecule has 0 radical (unpaired) electrons. The van der Waals surface area contributed by atoms with Crippen molar-refractivity contribution in [2.75, 3.05) is 13.1 Å². The highest BCUT2D eigenvalue weighted by atomic mass is 16.1. The molecule has 3 rings (SSSR count). The van der Waals surface area contributed by atoms with Crippen LogP contribution in [0.3, 0.4) is 0 Å². The Balaban J connectivity index is 1.86. The van der Waals surface area contributed by atoms with E-state index in [-0.39, 0.29) is 11.8 Å². The molecular weight excluding hydrogens is 188 g/mol. The highest BCUT2D eigenvalue weighted by Crippen LogP contribution is 2.34. The Morgan fingerprint density at radius 1 is 1.47 bits per heavy atom. The quantitative estimate of drug-likeness (QED) is 0.774. The summed E-state index contributed by atoms with van der Waals surface area (Å²) in [4.78, 5) is 16.5. The number of Topliss-reactive ketones (excluding diaryl/α,β-unsaturated/α-hetero) is 1. The molecule has 1 aliphatic heterocycles. The second-order valence-electron chi connectivity index (χ2n) is 4.40. The van der Waals surface area contributed by atoms with Crippen LogP contribution in [0.5, 0.6) is 0 Å². The second kappa shape index (κ2) is 3.42. The van der Waals surface area contributed by atoms with Gasteiger partial charge in [0.05, 0.1) is 11.6 Å². The summed E-state index contributed by atoms with van der Waals surface area (Å²) in [6.07, 6.45) is 3.77. The van der Waals surface area contributed by atoms with E-state index in [1.54, 1.807) is 6.20 Å². The van der Waals surface area contributed by atoms with Crippen LogP contribution in [0.25, 0.3) is 0 Å². The number of rotatable bonds is 2. The summed E-state index contributed by atoms with van der Waals surface area (Å²) in [5, 5.41) is 3.15. The second-order valence-corrected chi connectivity index (χ2v) is 4.40. The van der Waals surface area contributed by atoms with Gasteiger partial charge < -0.3 is 5.32 Å². The number of pyridine rings is 1. The summed E-state index contributed by atoms with van der Waals surface area (Å²) in [5.41, 5.74) is 2.30. The van der Waals surface area contributed by atoms with Crippen molar-refractivity contribution in [2.24, 2.45) is 5.92 Å². The van der Waals surface area contributed by atoms with Crippen LogP contribution >= 0.6 is 0 Å². The fourth-order valence-electron chi connectivity index (χ4n) is 2.46. The van der Waals surface area contributed by atoms with Crippen molar-refractivity contribution in [3.05, 3.63) is 29.6 Å². The zero-order valence-electron chi connectivity index (χ0n) is 8.57. The van der Waals surface area contributed by atoms with Gasteiger partial charge in [0.15, 0.2) is 0 Å². The molecule has 78 valence electrons. The molecule has 0 spiro atoms. The molecule has 1 N–H and O–H groups in total. The van der Waals surface area contributed by atoms with E-state index in [4.69, 9.17) is 0 Å². The van der Waals surface area contributed by atoms with E-state index in [2.05, 4.69) is 16.4 Å². The maximum absolute atomic E-state index is 12.1. The number of carbonyl (C=O) groups excluding carboxylic acids is 1. The number of aryl methyl sites for hydroxylation is 1. The Hall–Kier alpha value is -1.22. The first-order valence-electron chi connectivity index (χ1n) is 5.54. The van der Waals surface area contributed by atoms with Crippen LogP contribution in [0.4, 0.5) is 0 Å². The first-order valence-corrected chi connectivity index (χ1v) is 5.54. The molecule has 2 heterocycles. The predicted octanol–water partition coefficient (Wildman–Crippen LogP) is 0.900. The third-order valence-electron chi connectivity index (χ3n) is 3.49. The minimum absolute atomic E-state index is 0.0771. The Morgan fingerprint density at radius 3 is 3.07 bits per heavy atom. The first kappa shape index (κ1) is 9.04. The third kappa shape index (κ3) is 1.38. The molecule has 1 saturated heterocycles. The lowest BCUT2D eigenvalue weighted by atomic mass is 9.87. The van der Waals surface area contributed by atoms with Crippen molar-refractivity contribution >= 4 is 5.78 Å². The lowest BCUT2D eigenvalue weighted by Crippen LogP contribution is -2.47. The molecule has 1 aromatic heterocycles. The average molecular weight is 202 g/mol. The van der Waals surface area contributed by atoms with Crippen LogP contribution in [0.15, 0.2) is 18.3 Å². The molecule has 1 fully saturated rings. The zero-order valence-corrected chi connectivity index (χ0v) is 8.57. The zero-order chi connectivity index (χ0) is 10.3. The van der Waals surface area contributed by atoms with E-state index in [0.29, 0.717) is 5.78 Å². The van der Waals surface area contributed by atoms with E-state index in [0.717, 1.165) is 31.6 Å². The standard InChI is InChI=1S/C12H14N2O/c15-12(9-6-13-7-9)10-4-3-8-2-1-5-14-11(8)10/h1-2,5,9-10,13H,3-4,6-7H2. The maximum atomic E-state index is 12.1. The van der Waals surface area contributed by atoms with Gasteiger partial charge in [0.2, 0.25) is 0 Å². The molecule has 1 aromatic rings. The van der Waals surface area contributed by atoms with Crippen LogP contribution in [0, 0.1) is 5.92 Å². The van der Waals surface area contributed by atoms with Gasteiger partial charge in [0.25, 0.3) is 0 Å². The van der Waals surface area contributed by atoms with Crippen molar-refractivity contribution < 1.29 is 4.79 Å². The highest BCUT2D eigenvalue weighted by molar-refractivity contribution is 5.89. The van der Waals surface area contributed by atoms with Crippen molar-refractivity contribution in [3.63, 3.8) is 0 Å². The SMILES string of the molecule is O=C(C1CNC1)C1CCc2cccnc21. The monoisotopic (exact) mass is 202 g/mol. The van der Waals surface area contributed by atoms with Crippen molar-refractivity contribution in [2.45, 2.75) is 18.8 Å². The first-order chi connectivity index (χ1) is 7.36. The number of nitrogens with zero attached hydrogens (tertiary/aromatic N) is 1. The van der Waals surface area contributed by atoms with Gasteiger partial charge in [0, 0.05) is 25.2 Å². The van der Waals surface area contributed by atoms with Crippen LogP contribution in [-0.2, 0) is 11.2 Å². The number of carbonyl (C=O) groups is 1. The summed E-state index contributed by atoms with van der Waals surface area (Å²) in [5.74, 6) is 0.711. The molecular formula is C12H14N2O. The Morgan fingerprint density at radius 2 is 2.33 bits per heavy atom. The number of hydrogen-bond acceptors (Lipinski definition) is 3. The fraction of sp³-hybridized carbons (Fsp3) is 0.500. The Labute approximate surface area is 88.9 Å². The van der Waals surface area contributed by atoms with Crippen LogP contribution in [0.1, 0.15) is 23.6 Å². The molecule has 2 aliphatic rings. The molecule has 0 bridgehead atoms. The third-order valence-corrected chi connectivity index (χ3v) is 3.49. The maximum Gasteiger partial charge on any atom is 0.147 e. The number of nitrogens with one attached hydrogen (secondary N) is 1. The molecule has 0 aromatic carbocycles. The molecule has 15 heavy (non-hydrogen) atoms. The summed E-state index contributed by atoms with van der Waals surface area (Å²) >= 11 is 0. The predicted molar refractivity (Wildman–Crippen MR) is 56.7 cm³/mol. The molecule has 1 aliphatic carbocycles. The summed E-state index contributed by atoms with van der Waals surface area (Å²) in [6.45, 7) is 1.72. The Kier molecular flexibility index (Phi) is 2.06. The van der Waals surface area contributed by atoms with Gasteiger partial charge in [0.1, 0.15) is 5.78 Å². The van der Waals surface area contributed by atoms with Gasteiger partial charge >= 0.3 is 0 Å². The van der Waals surface area contributed by atoms with Crippen LogP contribution < -0.4 is 5.32 Å². The van der Waals surface area contributed by atoms with Gasteiger partial charge in [-0.2, -0.15) is 0 Å². The molecule has 1 atom stereocenters. The lowest BCUT2D eigenvalue weighted by molar-refractivity contribution is -0.125. The number of fused-ring (bicyclic) bond motifs is 1. The molecule has 0 saturated carbocycles. The minimum Gasteiger partial charge on any atom is -0.315 e. The molecule has 0 amide bonds. The average Bonchev–Trinajstić information content (AvgIpc) is 2.58. The van der Waals surface area contributed by atoms with Gasteiger partial charge in [-0.1, -0.05) is 6.07 Å². The van der Waals surface area contributed by atoms with Gasteiger partial charge in [-0.3, -0.25) is 9.78 Å². The van der Waals surface area contributed by atoms with Gasteiger partial charge in [-0.15, -0.1) is 0 Å². The van der Waals surface area contributed by atoms with Crippen LogP contribution in [-0.4, -0.2) is 23.9 Å². The molecule has 3 heteroatoms. The van der Waals surface area contributed by atoms with Crippen LogP contribution in [0.2, 0.25) is 0 Å². The number of ketones is 1. The van der Waals surface area contributed by atoms with Gasteiger partial charge in [-0.25, -0.2) is 0 Å². The summed E-state index contributed by atoms with van der Waals surface area (Å²) in [6, 6.07) is 4.05. The number of aromatic nitrogens is 1. The largest absolute Gasteiger partial charge is 0.315 e. The van der Waals surface area contributed by atoms with Crippen molar-refractivity contribution in [1.82, 2.24) is 10.3 Å². The van der Waals surface area contributed by atoms with Gasteiger partial charge in [-0.05, 0) is 24.5 Å². The topological polar surface area (TPSA) is 42.0 Å². The van der Waals surface area contributed by atoms with E-state index < -0.39 is 0 Å². The molecule has 1 unspecified atom stereocenters. The normalized spacial score (nSPS) is 24.7. The molecule has 3 nitrogen and oxygen atoms in total. The van der Waals surface area contributed by atoms with Crippen molar-refractivity contribution in [1.29, 1.82) is 0 Å². The van der Waals surface area contributed by atoms with E-state index in [1.807, 2.05) is 6.07 Å². The summed E-state index contributed by atoms with van der Waals surface area (Å²) in [7, 11) is 0. The fourth-order valence-corrected chi connectivity index (χ4v) is 2.46. The number of hydrogen-bond donors (Lipinski definition) is 1. The van der Waals surface area contributed by atoms with E-state index >= 15 is 0 Å². The van der Waals surface area contributed by atoms with Crippen molar-refractivity contribution in [3.8, 4) is 0 Å². The highest BCUT2D eigenvalue weighted by Gasteiger charge is 2.36. The Bertz CT molecular complexity index is 398. The minimum atomic E-state index is 0.0771. The van der Waals surface area contributed by atoms with E-state index in [1.165, 1.54) is 5.56 Å². The van der Waals surface area contributed by atoms with E-state index in [9.17, 15) is 4.79 Å². The summed E-state index contributed by atoms with van der Waals surface area (Å²) < 4.78 is 0. The lowest BCUT2D eigenvalue weighted by Gasteiger charge is -2.28.